The second-order valence-corrected chi connectivity index (χ2v) is 10.2. The number of hydrogen-bond acceptors (Lipinski definition) is 8. The first-order valence-electron chi connectivity index (χ1n) is 11.4. The number of aromatic nitrogens is 2. The van der Waals surface area contributed by atoms with Crippen LogP contribution in [0.5, 0.6) is 0 Å². The molecule has 3 heterocycles. The minimum Gasteiger partial charge on any atom is -0.408 e. The molecular weight excluding hydrogens is 448 g/mol. The summed E-state index contributed by atoms with van der Waals surface area (Å²) in [6.07, 6.45) is 2.46. The molecule has 3 saturated carbocycles. The monoisotopic (exact) mass is 473 g/mol. The van der Waals surface area contributed by atoms with Crippen LogP contribution >= 0.6 is 0 Å². The molecule has 2 bridgehead atoms. The first-order valence-corrected chi connectivity index (χ1v) is 11.4. The van der Waals surface area contributed by atoms with E-state index in [0.717, 1.165) is 19.3 Å². The van der Waals surface area contributed by atoms with E-state index in [0.29, 0.717) is 24.1 Å². The third-order valence-corrected chi connectivity index (χ3v) is 8.02. The molecule has 2 amide bonds. The summed E-state index contributed by atoms with van der Waals surface area (Å²) in [5, 5.41) is 13.7. The molecule has 180 valence electrons. The van der Waals surface area contributed by atoms with Crippen LogP contribution in [0, 0.1) is 11.6 Å². The number of amides is 2. The summed E-state index contributed by atoms with van der Waals surface area (Å²) in [5.41, 5.74) is 0.128. The lowest BCUT2D eigenvalue weighted by atomic mass is 9.41. The number of halogens is 2. The van der Waals surface area contributed by atoms with E-state index in [1.807, 2.05) is 11.8 Å². The Balaban J connectivity index is 1.11. The number of hydrogen-bond donors (Lipinski definition) is 2. The van der Waals surface area contributed by atoms with Crippen molar-refractivity contribution in [2.45, 2.75) is 68.0 Å². The zero-order chi connectivity index (χ0) is 23.8. The Bertz CT molecular complexity index is 1140. The van der Waals surface area contributed by atoms with Gasteiger partial charge in [-0.1, -0.05) is 5.10 Å². The Kier molecular flexibility index (Phi) is 4.55. The smallest absolute Gasteiger partial charge is 0.315 e. The molecule has 0 radical (unpaired) electrons. The Labute approximate surface area is 194 Å². The van der Waals surface area contributed by atoms with Crippen molar-refractivity contribution in [2.75, 3.05) is 23.9 Å². The second-order valence-electron chi connectivity index (χ2n) is 10.2. The fourth-order valence-corrected chi connectivity index (χ4v) is 6.02. The number of ether oxygens (including phenoxy) is 1. The van der Waals surface area contributed by atoms with Gasteiger partial charge in [-0.05, 0) is 38.3 Å². The number of nitrogens with zero attached hydrogens (tertiary/aromatic N) is 3. The lowest BCUT2D eigenvalue weighted by Crippen LogP contribution is -2.70. The van der Waals surface area contributed by atoms with Crippen molar-refractivity contribution in [1.82, 2.24) is 15.5 Å². The summed E-state index contributed by atoms with van der Waals surface area (Å²) < 4.78 is 41.2. The average molecular weight is 473 g/mol. The number of benzene rings is 1. The quantitative estimate of drug-likeness (QED) is 0.616. The highest BCUT2D eigenvalue weighted by Gasteiger charge is 2.72. The molecule has 2 aliphatic heterocycles. The summed E-state index contributed by atoms with van der Waals surface area (Å²) in [7, 11) is 1.73. The van der Waals surface area contributed by atoms with E-state index >= 15 is 0 Å². The van der Waals surface area contributed by atoms with Crippen LogP contribution in [-0.4, -0.2) is 53.4 Å². The SMILES string of the molecule is COC12CC(c3nnc(N[C@H]4CN(c5cc(F)c(C6CC(=O)NC(=O)C6)c(F)c5)[C@@H]4C)o3)(C1)C2. The summed E-state index contributed by atoms with van der Waals surface area (Å²) in [5.74, 6) is -2.71. The van der Waals surface area contributed by atoms with Gasteiger partial charge in [-0.15, -0.1) is 5.10 Å². The summed E-state index contributed by atoms with van der Waals surface area (Å²) >= 11 is 0. The topological polar surface area (TPSA) is 110 Å². The molecule has 2 N–H and O–H groups in total. The third-order valence-electron chi connectivity index (χ3n) is 8.02. The number of nitrogens with one attached hydrogen (secondary N) is 2. The second kappa shape index (κ2) is 7.21. The van der Waals surface area contributed by atoms with Gasteiger partial charge in [0.05, 0.1) is 17.1 Å². The molecule has 7 rings (SSSR count). The van der Waals surface area contributed by atoms with Crippen LogP contribution in [0.15, 0.2) is 16.5 Å². The lowest BCUT2D eigenvalue weighted by molar-refractivity contribution is -0.239. The average Bonchev–Trinajstić information content (AvgIpc) is 3.16. The number of carbonyl (C=O) groups excluding carboxylic acids is 2. The highest BCUT2D eigenvalue weighted by Crippen LogP contribution is 2.69. The summed E-state index contributed by atoms with van der Waals surface area (Å²) in [4.78, 5) is 25.1. The van der Waals surface area contributed by atoms with Gasteiger partial charge in [0.1, 0.15) is 11.6 Å². The normalized spacial score (nSPS) is 32.5. The van der Waals surface area contributed by atoms with Crippen molar-refractivity contribution in [3.63, 3.8) is 0 Å². The molecule has 34 heavy (non-hydrogen) atoms. The standard InChI is InChI=1S/C23H25F2N5O4/c1-11-16(26-21-29-28-20(34-21)22-8-23(9-22,10-22)33-2)7-30(11)13-5-14(24)19(15(25)6-13)12-3-17(31)27-18(32)4-12/h5-6,11-12,16H,3-4,7-10H2,1-2H3,(H,26,29)(H,27,31,32)/t11-,16+,22?,23?/m1/s1. The minimum absolute atomic E-state index is 0.00984. The van der Waals surface area contributed by atoms with Crippen LogP contribution in [0.4, 0.5) is 20.5 Å². The van der Waals surface area contributed by atoms with Crippen molar-refractivity contribution < 1.29 is 27.5 Å². The zero-order valence-electron chi connectivity index (χ0n) is 18.9. The maximum atomic E-state index is 14.9. The van der Waals surface area contributed by atoms with Gasteiger partial charge in [-0.3, -0.25) is 14.9 Å². The molecule has 2 saturated heterocycles. The fraction of sp³-hybridized carbons (Fsp3) is 0.565. The molecule has 5 aliphatic rings. The van der Waals surface area contributed by atoms with Crippen molar-refractivity contribution in [3.8, 4) is 0 Å². The van der Waals surface area contributed by atoms with Crippen LogP contribution in [0.1, 0.15) is 56.4 Å². The molecule has 11 heteroatoms. The van der Waals surface area contributed by atoms with Gasteiger partial charge >= 0.3 is 6.01 Å². The van der Waals surface area contributed by atoms with E-state index in [2.05, 4.69) is 20.8 Å². The van der Waals surface area contributed by atoms with Crippen LogP contribution < -0.4 is 15.5 Å². The van der Waals surface area contributed by atoms with Gasteiger partial charge in [-0.2, -0.15) is 0 Å². The number of imide groups is 1. The van der Waals surface area contributed by atoms with E-state index < -0.39 is 29.4 Å². The van der Waals surface area contributed by atoms with Crippen molar-refractivity contribution >= 4 is 23.5 Å². The summed E-state index contributed by atoms with van der Waals surface area (Å²) in [6.45, 7) is 2.44. The Hall–Kier alpha value is -3.08. The molecule has 2 aromatic rings. The molecule has 2 atom stereocenters. The maximum absolute atomic E-state index is 14.9. The highest BCUT2D eigenvalue weighted by atomic mass is 19.1. The van der Waals surface area contributed by atoms with Crippen LogP contribution in [-0.2, 0) is 19.7 Å². The highest BCUT2D eigenvalue weighted by molar-refractivity contribution is 5.98. The number of rotatable bonds is 6. The number of methoxy groups -OCH3 is 1. The molecule has 3 aliphatic carbocycles. The first-order chi connectivity index (χ1) is 16.2. The van der Waals surface area contributed by atoms with Crippen LogP contribution in [0.3, 0.4) is 0 Å². The van der Waals surface area contributed by atoms with Crippen LogP contribution in [0.2, 0.25) is 0 Å². The number of piperidine rings is 1. The summed E-state index contributed by atoms with van der Waals surface area (Å²) in [6, 6.07) is 2.77. The Morgan fingerprint density at radius 2 is 1.79 bits per heavy atom. The molecule has 5 fully saturated rings. The van der Waals surface area contributed by atoms with E-state index in [9.17, 15) is 18.4 Å². The van der Waals surface area contributed by atoms with Crippen molar-refractivity contribution in [2.24, 2.45) is 0 Å². The van der Waals surface area contributed by atoms with E-state index in [4.69, 9.17) is 9.15 Å². The number of anilines is 2. The first kappa shape index (κ1) is 21.5. The minimum atomic E-state index is -0.801. The largest absolute Gasteiger partial charge is 0.408 e. The lowest BCUT2D eigenvalue weighted by Gasteiger charge is -2.67. The van der Waals surface area contributed by atoms with Gasteiger partial charge < -0.3 is 19.4 Å². The van der Waals surface area contributed by atoms with E-state index in [1.165, 1.54) is 12.1 Å². The fourth-order valence-electron chi connectivity index (χ4n) is 6.02. The van der Waals surface area contributed by atoms with Gasteiger partial charge in [0, 0.05) is 49.7 Å². The molecule has 9 nitrogen and oxygen atoms in total. The Morgan fingerprint density at radius 1 is 1.15 bits per heavy atom. The van der Waals surface area contributed by atoms with Crippen molar-refractivity contribution in [1.29, 1.82) is 0 Å². The molecule has 1 aromatic heterocycles. The van der Waals surface area contributed by atoms with Gasteiger partial charge in [0.2, 0.25) is 17.7 Å². The molecule has 1 aromatic carbocycles. The molecule has 0 spiro atoms. The third kappa shape index (κ3) is 3.13. The number of carbonyl (C=O) groups is 2. The predicted octanol–water partition coefficient (Wildman–Crippen LogP) is 2.38. The van der Waals surface area contributed by atoms with Gasteiger partial charge in [0.15, 0.2) is 0 Å². The predicted molar refractivity (Wildman–Crippen MR) is 115 cm³/mol. The molecule has 0 unspecified atom stereocenters. The van der Waals surface area contributed by atoms with Gasteiger partial charge in [0.25, 0.3) is 0 Å². The van der Waals surface area contributed by atoms with Gasteiger partial charge in [-0.25, -0.2) is 8.78 Å². The van der Waals surface area contributed by atoms with E-state index in [1.54, 1.807) is 7.11 Å². The van der Waals surface area contributed by atoms with E-state index in [-0.39, 0.29) is 41.5 Å². The molecular formula is C23H25F2N5O4. The zero-order valence-corrected chi connectivity index (χ0v) is 18.9. The maximum Gasteiger partial charge on any atom is 0.315 e. The van der Waals surface area contributed by atoms with Crippen LogP contribution in [0.25, 0.3) is 0 Å². The van der Waals surface area contributed by atoms with Crippen molar-refractivity contribution in [3.05, 3.63) is 35.2 Å². The Morgan fingerprint density at radius 3 is 2.38 bits per heavy atom.